The van der Waals surface area contributed by atoms with E-state index in [-0.39, 0.29) is 0 Å². The summed E-state index contributed by atoms with van der Waals surface area (Å²) in [7, 11) is 0. The fraction of sp³-hybridized carbons (Fsp3) is 0. The Balaban J connectivity index is 1.98. The standard InChI is InChI=1S/C16H7N/c1(3-7-15-9-5-6-10-15)2-4-8-16-11-13-17-14-12-16/h5-6,9,11-14H. The topological polar surface area (TPSA) is 12.9 Å². The summed E-state index contributed by atoms with van der Waals surface area (Å²) in [6.45, 7) is 0. The SMILES string of the molecule is C1=CC=CC=1C#CC#CC#Cc1ccncc1. The van der Waals surface area contributed by atoms with Gasteiger partial charge in [-0.05, 0) is 53.9 Å². The predicted molar refractivity (Wildman–Crippen MR) is 67.4 cm³/mol. The highest BCUT2D eigenvalue weighted by molar-refractivity contribution is 5.48. The zero-order valence-electron chi connectivity index (χ0n) is 8.99. The summed E-state index contributed by atoms with van der Waals surface area (Å²) in [5, 5.41) is 0. The molecule has 1 heterocycles. The lowest BCUT2D eigenvalue weighted by molar-refractivity contribution is 1.32. The Kier molecular flexibility index (Phi) is 3.65. The van der Waals surface area contributed by atoms with Crippen LogP contribution >= 0.6 is 0 Å². The predicted octanol–water partition coefficient (Wildman–Crippen LogP) is 2.09. The molecule has 0 atom stereocenters. The lowest BCUT2D eigenvalue weighted by Crippen LogP contribution is -1.72. The molecule has 0 aliphatic heterocycles. The van der Waals surface area contributed by atoms with E-state index < -0.39 is 0 Å². The van der Waals surface area contributed by atoms with Gasteiger partial charge < -0.3 is 0 Å². The fourth-order valence-electron chi connectivity index (χ4n) is 1.11. The minimum Gasteiger partial charge on any atom is -0.265 e. The Morgan fingerprint density at radius 3 is 2.41 bits per heavy atom. The first-order valence-electron chi connectivity index (χ1n) is 5.00. The van der Waals surface area contributed by atoms with E-state index in [0.29, 0.717) is 0 Å². The van der Waals surface area contributed by atoms with Crippen molar-refractivity contribution in [3.05, 3.63) is 59.6 Å². The van der Waals surface area contributed by atoms with Crippen LogP contribution in [0.4, 0.5) is 0 Å². The van der Waals surface area contributed by atoms with Crippen LogP contribution in [0.5, 0.6) is 0 Å². The van der Waals surface area contributed by atoms with E-state index in [4.69, 9.17) is 0 Å². The van der Waals surface area contributed by atoms with Crippen molar-refractivity contribution in [3.63, 3.8) is 0 Å². The molecule has 0 fully saturated rings. The molecule has 0 bridgehead atoms. The Hall–Kier alpha value is -2.91. The summed E-state index contributed by atoms with van der Waals surface area (Å²) in [6, 6.07) is 3.67. The zero-order chi connectivity index (χ0) is 11.8. The Morgan fingerprint density at radius 2 is 1.71 bits per heavy atom. The summed E-state index contributed by atoms with van der Waals surface area (Å²) >= 11 is 0. The van der Waals surface area contributed by atoms with E-state index >= 15 is 0 Å². The van der Waals surface area contributed by atoms with Gasteiger partial charge in [-0.3, -0.25) is 4.98 Å². The zero-order valence-corrected chi connectivity index (χ0v) is 8.99. The third-order valence-electron chi connectivity index (χ3n) is 1.87. The lowest BCUT2D eigenvalue weighted by atomic mass is 10.3. The van der Waals surface area contributed by atoms with E-state index in [9.17, 15) is 0 Å². The van der Waals surface area contributed by atoms with Crippen molar-refractivity contribution in [2.24, 2.45) is 0 Å². The van der Waals surface area contributed by atoms with Crippen LogP contribution in [0.1, 0.15) is 5.56 Å². The summed E-state index contributed by atoms with van der Waals surface area (Å²) < 4.78 is 0. The summed E-state index contributed by atoms with van der Waals surface area (Å²) in [4.78, 5) is 3.90. The molecule has 1 aromatic rings. The molecule has 0 saturated heterocycles. The molecule has 0 amide bonds. The van der Waals surface area contributed by atoms with Crippen molar-refractivity contribution in [1.29, 1.82) is 0 Å². The first-order chi connectivity index (χ1) is 8.45. The number of allylic oxidation sites excluding steroid dienone is 3. The minimum atomic E-state index is 0.849. The summed E-state index contributed by atoms with van der Waals surface area (Å²) in [5.41, 5.74) is 4.71. The highest BCUT2D eigenvalue weighted by Crippen LogP contribution is 1.98. The third-order valence-corrected chi connectivity index (χ3v) is 1.87. The van der Waals surface area contributed by atoms with Gasteiger partial charge in [0.25, 0.3) is 0 Å². The molecular formula is C16H7N. The van der Waals surface area contributed by atoms with Crippen LogP contribution in [0.15, 0.2) is 54.1 Å². The number of hydrogen-bond acceptors (Lipinski definition) is 1. The van der Waals surface area contributed by atoms with E-state index in [1.165, 1.54) is 0 Å². The summed E-state index contributed by atoms with van der Waals surface area (Å²) in [6.07, 6.45) is 8.99. The molecular weight excluding hydrogens is 206 g/mol. The number of aromatic nitrogens is 1. The van der Waals surface area contributed by atoms with Gasteiger partial charge in [-0.1, -0.05) is 12.0 Å². The monoisotopic (exact) mass is 213 g/mol. The van der Waals surface area contributed by atoms with E-state index in [1.807, 2.05) is 30.4 Å². The molecule has 1 aliphatic rings. The van der Waals surface area contributed by atoms with Crippen molar-refractivity contribution in [2.75, 3.05) is 0 Å². The number of pyridine rings is 1. The fourth-order valence-corrected chi connectivity index (χ4v) is 1.11. The maximum absolute atomic E-state index is 3.90. The van der Waals surface area contributed by atoms with Gasteiger partial charge >= 0.3 is 0 Å². The van der Waals surface area contributed by atoms with Crippen LogP contribution in [-0.2, 0) is 0 Å². The summed E-state index contributed by atoms with van der Waals surface area (Å²) in [5.74, 6) is 16.6. The van der Waals surface area contributed by atoms with Gasteiger partial charge in [-0.2, -0.15) is 0 Å². The molecule has 17 heavy (non-hydrogen) atoms. The second-order valence-electron chi connectivity index (χ2n) is 3.07. The molecule has 0 spiro atoms. The molecule has 0 radical (unpaired) electrons. The molecule has 1 nitrogen and oxygen atoms in total. The Labute approximate surface area is 101 Å². The van der Waals surface area contributed by atoms with Crippen LogP contribution in [0.25, 0.3) is 0 Å². The second-order valence-corrected chi connectivity index (χ2v) is 3.07. The molecule has 0 saturated carbocycles. The largest absolute Gasteiger partial charge is 0.265 e. The third kappa shape index (κ3) is 3.62. The van der Waals surface area contributed by atoms with Gasteiger partial charge in [-0.15, -0.1) is 5.73 Å². The van der Waals surface area contributed by atoms with Gasteiger partial charge in [-0.25, -0.2) is 0 Å². The van der Waals surface area contributed by atoms with Gasteiger partial charge in [0.15, 0.2) is 0 Å². The Bertz CT molecular complexity index is 680. The Morgan fingerprint density at radius 1 is 0.941 bits per heavy atom. The van der Waals surface area contributed by atoms with Crippen molar-refractivity contribution in [1.82, 2.24) is 4.98 Å². The molecule has 0 unspecified atom stereocenters. The van der Waals surface area contributed by atoms with Crippen LogP contribution in [0, 0.1) is 35.5 Å². The average Bonchev–Trinajstić information content (AvgIpc) is 2.88. The highest BCUT2D eigenvalue weighted by atomic mass is 14.6. The van der Waals surface area contributed by atoms with Crippen LogP contribution in [0.2, 0.25) is 0 Å². The molecule has 1 aromatic heterocycles. The molecule has 76 valence electrons. The second kappa shape index (κ2) is 5.85. The van der Waals surface area contributed by atoms with E-state index in [0.717, 1.165) is 11.1 Å². The molecule has 0 N–H and O–H groups in total. The van der Waals surface area contributed by atoms with Gasteiger partial charge in [0.2, 0.25) is 0 Å². The number of hydrogen-bond donors (Lipinski definition) is 0. The van der Waals surface area contributed by atoms with Crippen LogP contribution in [-0.4, -0.2) is 4.98 Å². The molecule has 1 aliphatic carbocycles. The molecule has 0 aromatic carbocycles. The molecule has 1 heteroatoms. The number of rotatable bonds is 0. The minimum absolute atomic E-state index is 0.849. The van der Waals surface area contributed by atoms with Crippen LogP contribution < -0.4 is 0 Å². The van der Waals surface area contributed by atoms with Crippen molar-refractivity contribution < 1.29 is 0 Å². The quantitative estimate of drug-likeness (QED) is 0.475. The van der Waals surface area contributed by atoms with E-state index in [2.05, 4.69) is 46.2 Å². The first kappa shape index (κ1) is 10.6. The highest BCUT2D eigenvalue weighted by Gasteiger charge is 1.84. The maximum Gasteiger partial charge on any atom is 0.0674 e. The van der Waals surface area contributed by atoms with E-state index in [1.54, 1.807) is 12.4 Å². The van der Waals surface area contributed by atoms with Gasteiger partial charge in [0, 0.05) is 18.0 Å². The van der Waals surface area contributed by atoms with Gasteiger partial charge in [0.1, 0.15) is 0 Å². The lowest BCUT2D eigenvalue weighted by Gasteiger charge is -1.82. The first-order valence-corrected chi connectivity index (χ1v) is 5.00. The van der Waals surface area contributed by atoms with Crippen molar-refractivity contribution in [2.45, 2.75) is 0 Å². The molecule has 2 rings (SSSR count). The number of nitrogens with zero attached hydrogens (tertiary/aromatic N) is 1. The smallest absolute Gasteiger partial charge is 0.0674 e. The maximum atomic E-state index is 3.90. The van der Waals surface area contributed by atoms with Gasteiger partial charge in [0.05, 0.1) is 5.57 Å². The van der Waals surface area contributed by atoms with Crippen LogP contribution in [0.3, 0.4) is 0 Å². The van der Waals surface area contributed by atoms with Crippen molar-refractivity contribution in [3.8, 4) is 35.5 Å². The average molecular weight is 213 g/mol. The van der Waals surface area contributed by atoms with Crippen molar-refractivity contribution >= 4 is 0 Å². The normalized spacial score (nSPS) is 10.2.